The molecule has 0 bridgehead atoms. The van der Waals surface area contributed by atoms with Crippen LogP contribution in [0.15, 0.2) is 47.0 Å². The third-order valence-corrected chi connectivity index (χ3v) is 4.19. The molecule has 0 radical (unpaired) electrons. The van der Waals surface area contributed by atoms with Crippen LogP contribution in [0, 0.1) is 26.6 Å². The van der Waals surface area contributed by atoms with Crippen LogP contribution in [0.2, 0.25) is 0 Å². The van der Waals surface area contributed by atoms with Crippen molar-refractivity contribution in [3.05, 3.63) is 71.0 Å². The summed E-state index contributed by atoms with van der Waals surface area (Å²) in [5.41, 5.74) is 4.88. The van der Waals surface area contributed by atoms with Crippen LogP contribution in [-0.4, -0.2) is 10.9 Å². The van der Waals surface area contributed by atoms with E-state index >= 15 is 0 Å². The Hall–Kier alpha value is -2.95. The van der Waals surface area contributed by atoms with Crippen LogP contribution < -0.4 is 5.32 Å². The molecule has 1 aromatic heterocycles. The number of nitrogens with one attached hydrogen (secondary N) is 1. The zero-order valence-electron chi connectivity index (χ0n) is 15.1. The molecule has 0 saturated carbocycles. The van der Waals surface area contributed by atoms with Gasteiger partial charge in [0.25, 0.3) is 0 Å². The molecule has 1 amide bonds. The zero-order chi connectivity index (χ0) is 18.7. The van der Waals surface area contributed by atoms with Gasteiger partial charge in [0.05, 0.1) is 6.20 Å². The quantitative estimate of drug-likeness (QED) is 0.705. The second-order valence-electron chi connectivity index (χ2n) is 6.45. The number of amides is 1. The van der Waals surface area contributed by atoms with Crippen molar-refractivity contribution in [3.63, 3.8) is 0 Å². The summed E-state index contributed by atoms with van der Waals surface area (Å²) < 4.78 is 18.6. The predicted molar refractivity (Wildman–Crippen MR) is 99.5 cm³/mol. The van der Waals surface area contributed by atoms with Crippen molar-refractivity contribution in [2.75, 3.05) is 5.32 Å². The maximum atomic E-state index is 13.0. The van der Waals surface area contributed by atoms with Crippen LogP contribution in [0.3, 0.4) is 0 Å². The Morgan fingerprint density at radius 2 is 1.77 bits per heavy atom. The first-order chi connectivity index (χ1) is 12.4. The van der Waals surface area contributed by atoms with Crippen molar-refractivity contribution in [2.45, 2.75) is 33.6 Å². The summed E-state index contributed by atoms with van der Waals surface area (Å²) >= 11 is 0. The van der Waals surface area contributed by atoms with Crippen LogP contribution in [0.4, 0.5) is 10.1 Å². The molecule has 134 valence electrons. The van der Waals surface area contributed by atoms with E-state index in [4.69, 9.17) is 4.42 Å². The number of hydrogen-bond acceptors (Lipinski definition) is 3. The summed E-state index contributed by atoms with van der Waals surface area (Å²) in [6, 6.07) is 10.1. The van der Waals surface area contributed by atoms with Crippen molar-refractivity contribution in [3.8, 4) is 11.3 Å². The minimum Gasteiger partial charge on any atom is -0.441 e. The van der Waals surface area contributed by atoms with Crippen molar-refractivity contribution < 1.29 is 13.6 Å². The number of hydrogen-bond donors (Lipinski definition) is 1. The standard InChI is InChI=1S/C21H21FN2O2/c1-13-10-14(2)21(15(3)11-13)24-19(25)8-9-20-23-12-18(26-20)16-4-6-17(22)7-5-16/h4-7,10-12H,8-9H2,1-3H3,(H,24,25). The van der Waals surface area contributed by atoms with Crippen LogP contribution in [0.5, 0.6) is 0 Å². The van der Waals surface area contributed by atoms with Gasteiger partial charge in [0, 0.05) is 24.1 Å². The highest BCUT2D eigenvalue weighted by Gasteiger charge is 2.11. The Morgan fingerprint density at radius 3 is 2.42 bits per heavy atom. The molecule has 0 aliphatic carbocycles. The highest BCUT2D eigenvalue weighted by atomic mass is 19.1. The Labute approximate surface area is 152 Å². The SMILES string of the molecule is Cc1cc(C)c(NC(=O)CCc2ncc(-c3ccc(F)cc3)o2)c(C)c1. The molecule has 4 nitrogen and oxygen atoms in total. The van der Waals surface area contributed by atoms with Crippen molar-refractivity contribution >= 4 is 11.6 Å². The molecule has 1 heterocycles. The van der Waals surface area contributed by atoms with Gasteiger partial charge in [-0.3, -0.25) is 4.79 Å². The first-order valence-corrected chi connectivity index (χ1v) is 8.51. The van der Waals surface area contributed by atoms with Crippen molar-refractivity contribution in [1.29, 1.82) is 0 Å². The molecule has 0 unspecified atom stereocenters. The van der Waals surface area contributed by atoms with E-state index in [9.17, 15) is 9.18 Å². The zero-order valence-corrected chi connectivity index (χ0v) is 15.1. The fourth-order valence-corrected chi connectivity index (χ4v) is 2.97. The van der Waals surface area contributed by atoms with E-state index in [-0.39, 0.29) is 18.1 Å². The number of anilines is 1. The average Bonchev–Trinajstić information content (AvgIpc) is 3.06. The van der Waals surface area contributed by atoms with Gasteiger partial charge in [-0.05, 0) is 56.2 Å². The average molecular weight is 352 g/mol. The van der Waals surface area contributed by atoms with Crippen molar-refractivity contribution in [2.24, 2.45) is 0 Å². The maximum absolute atomic E-state index is 13.0. The summed E-state index contributed by atoms with van der Waals surface area (Å²) in [7, 11) is 0. The molecule has 26 heavy (non-hydrogen) atoms. The van der Waals surface area contributed by atoms with Gasteiger partial charge in [-0.15, -0.1) is 0 Å². The van der Waals surface area contributed by atoms with Gasteiger partial charge in [-0.25, -0.2) is 9.37 Å². The summed E-state index contributed by atoms with van der Waals surface area (Å²) in [5, 5.41) is 2.97. The molecule has 0 aliphatic rings. The lowest BCUT2D eigenvalue weighted by Crippen LogP contribution is -2.14. The number of halogens is 1. The second-order valence-corrected chi connectivity index (χ2v) is 6.45. The second kappa shape index (κ2) is 7.52. The molecule has 0 atom stereocenters. The molecule has 3 rings (SSSR count). The summed E-state index contributed by atoms with van der Waals surface area (Å²) in [6.07, 6.45) is 2.27. The first kappa shape index (κ1) is 17.9. The number of aryl methyl sites for hydroxylation is 4. The molecule has 0 fully saturated rings. The number of aromatic nitrogens is 1. The third-order valence-electron chi connectivity index (χ3n) is 4.19. The van der Waals surface area contributed by atoms with Gasteiger partial charge in [-0.1, -0.05) is 17.7 Å². The largest absolute Gasteiger partial charge is 0.441 e. The van der Waals surface area contributed by atoms with E-state index in [1.165, 1.54) is 17.7 Å². The van der Waals surface area contributed by atoms with Crippen molar-refractivity contribution in [1.82, 2.24) is 4.98 Å². The number of benzene rings is 2. The minimum atomic E-state index is -0.299. The van der Waals surface area contributed by atoms with Gasteiger partial charge < -0.3 is 9.73 Å². The molecule has 0 saturated heterocycles. The molecule has 1 N–H and O–H groups in total. The normalized spacial score (nSPS) is 10.8. The fourth-order valence-electron chi connectivity index (χ4n) is 2.97. The minimum absolute atomic E-state index is 0.0819. The topological polar surface area (TPSA) is 55.1 Å². The Bertz CT molecular complexity index is 906. The summed E-state index contributed by atoms with van der Waals surface area (Å²) in [5.74, 6) is 0.663. The van der Waals surface area contributed by atoms with Gasteiger partial charge in [0.2, 0.25) is 5.91 Å². The van der Waals surface area contributed by atoms with E-state index in [0.717, 1.165) is 22.4 Å². The number of carbonyl (C=O) groups excluding carboxylic acids is 1. The molecule has 5 heteroatoms. The Morgan fingerprint density at radius 1 is 1.12 bits per heavy atom. The number of nitrogens with zero attached hydrogens (tertiary/aromatic N) is 1. The predicted octanol–water partition coefficient (Wildman–Crippen LogP) is 4.98. The number of rotatable bonds is 5. The summed E-state index contributed by atoms with van der Waals surface area (Å²) in [4.78, 5) is 16.5. The van der Waals surface area contributed by atoms with Gasteiger partial charge >= 0.3 is 0 Å². The molecular weight excluding hydrogens is 331 g/mol. The van der Waals surface area contributed by atoms with Crippen LogP contribution >= 0.6 is 0 Å². The maximum Gasteiger partial charge on any atom is 0.224 e. The lowest BCUT2D eigenvalue weighted by molar-refractivity contribution is -0.116. The number of carbonyl (C=O) groups is 1. The highest BCUT2D eigenvalue weighted by Crippen LogP contribution is 2.23. The van der Waals surface area contributed by atoms with E-state index in [1.54, 1.807) is 18.3 Å². The molecule has 0 aliphatic heterocycles. The van der Waals surface area contributed by atoms with Crippen LogP contribution in [0.1, 0.15) is 29.0 Å². The van der Waals surface area contributed by atoms with E-state index in [0.29, 0.717) is 18.1 Å². The molecule has 0 spiro atoms. The van der Waals surface area contributed by atoms with E-state index in [1.807, 2.05) is 32.9 Å². The first-order valence-electron chi connectivity index (χ1n) is 8.51. The van der Waals surface area contributed by atoms with Gasteiger partial charge in [-0.2, -0.15) is 0 Å². The Kier molecular flexibility index (Phi) is 5.16. The van der Waals surface area contributed by atoms with E-state index in [2.05, 4.69) is 10.3 Å². The van der Waals surface area contributed by atoms with E-state index < -0.39 is 0 Å². The van der Waals surface area contributed by atoms with Crippen LogP contribution in [0.25, 0.3) is 11.3 Å². The lowest BCUT2D eigenvalue weighted by atomic mass is 10.0. The van der Waals surface area contributed by atoms with Gasteiger partial charge in [0.1, 0.15) is 5.82 Å². The lowest BCUT2D eigenvalue weighted by Gasteiger charge is -2.12. The molecule has 3 aromatic rings. The fraction of sp³-hybridized carbons (Fsp3) is 0.238. The third kappa shape index (κ3) is 4.17. The highest BCUT2D eigenvalue weighted by molar-refractivity contribution is 5.92. The molecule has 2 aromatic carbocycles. The van der Waals surface area contributed by atoms with Gasteiger partial charge in [0.15, 0.2) is 11.7 Å². The smallest absolute Gasteiger partial charge is 0.224 e. The monoisotopic (exact) mass is 352 g/mol. The Balaban J connectivity index is 1.61. The van der Waals surface area contributed by atoms with Crippen LogP contribution in [-0.2, 0) is 11.2 Å². The summed E-state index contributed by atoms with van der Waals surface area (Å²) in [6.45, 7) is 6.00. The number of oxazole rings is 1. The molecular formula is C21H21FN2O2.